The molecule has 0 unspecified atom stereocenters. The van der Waals surface area contributed by atoms with Crippen LogP contribution >= 0.6 is 0 Å². The zero-order chi connectivity index (χ0) is 19.3. The van der Waals surface area contributed by atoms with Gasteiger partial charge in [-0.05, 0) is 31.2 Å². The Morgan fingerprint density at radius 1 is 1.00 bits per heavy atom. The Hall–Kier alpha value is -2.99. The quantitative estimate of drug-likeness (QED) is 0.656. The average Bonchev–Trinajstić information content (AvgIpc) is 3.22. The molecular formula is C22H24N4O2. The zero-order valence-corrected chi connectivity index (χ0v) is 16.2. The summed E-state index contributed by atoms with van der Waals surface area (Å²) in [5, 5.41) is 0. The molecule has 0 saturated carbocycles. The number of aromatic nitrogens is 3. The summed E-state index contributed by atoms with van der Waals surface area (Å²) in [4.78, 5) is 15.7. The number of hydrogen-bond acceptors (Lipinski definition) is 6. The summed E-state index contributed by atoms with van der Waals surface area (Å²) in [7, 11) is 3.38. The van der Waals surface area contributed by atoms with Crippen LogP contribution in [0, 0.1) is 0 Å². The van der Waals surface area contributed by atoms with Crippen molar-refractivity contribution in [3.8, 4) is 23.0 Å². The first-order chi connectivity index (χ1) is 13.8. The number of likely N-dealkylation sites (tertiary alicyclic amines) is 1. The van der Waals surface area contributed by atoms with Crippen molar-refractivity contribution in [2.75, 3.05) is 27.3 Å². The van der Waals surface area contributed by atoms with E-state index in [4.69, 9.17) is 9.47 Å². The van der Waals surface area contributed by atoms with E-state index in [9.17, 15) is 0 Å². The van der Waals surface area contributed by atoms with Crippen molar-refractivity contribution in [1.29, 1.82) is 0 Å². The minimum absolute atomic E-state index is 0.429. The fourth-order valence-electron chi connectivity index (χ4n) is 3.79. The molecule has 0 N–H and O–H groups in total. The average molecular weight is 376 g/mol. The van der Waals surface area contributed by atoms with E-state index < -0.39 is 0 Å². The van der Waals surface area contributed by atoms with E-state index in [2.05, 4.69) is 25.9 Å². The van der Waals surface area contributed by atoms with Crippen LogP contribution in [-0.4, -0.2) is 47.2 Å². The van der Waals surface area contributed by atoms with Gasteiger partial charge in [-0.1, -0.05) is 18.2 Å². The summed E-state index contributed by atoms with van der Waals surface area (Å²) in [6.07, 6.45) is 6.65. The first-order valence-electron chi connectivity index (χ1n) is 9.44. The van der Waals surface area contributed by atoms with Crippen LogP contribution in [0.4, 0.5) is 0 Å². The second kappa shape index (κ2) is 8.35. The minimum Gasteiger partial charge on any atom is -0.493 e. The van der Waals surface area contributed by atoms with Crippen molar-refractivity contribution in [1.82, 2.24) is 19.9 Å². The Morgan fingerprint density at radius 3 is 2.57 bits per heavy atom. The van der Waals surface area contributed by atoms with Gasteiger partial charge in [-0.2, -0.15) is 0 Å². The molecule has 3 heterocycles. The molecule has 4 rings (SSSR count). The lowest BCUT2D eigenvalue weighted by Gasteiger charge is -2.18. The number of hydrogen-bond donors (Lipinski definition) is 0. The zero-order valence-electron chi connectivity index (χ0n) is 16.2. The molecular weight excluding hydrogens is 352 g/mol. The number of methoxy groups -OCH3 is 2. The molecule has 144 valence electrons. The predicted molar refractivity (Wildman–Crippen MR) is 107 cm³/mol. The van der Waals surface area contributed by atoms with Gasteiger partial charge in [0, 0.05) is 48.7 Å². The third-order valence-corrected chi connectivity index (χ3v) is 5.15. The smallest absolute Gasteiger partial charge is 0.178 e. The van der Waals surface area contributed by atoms with Crippen LogP contribution in [0.25, 0.3) is 11.5 Å². The highest BCUT2D eigenvalue weighted by Gasteiger charge is 2.27. The molecule has 0 radical (unpaired) electrons. The SMILES string of the molecule is COc1cccc([C@@H]2CCN(Cc3cnc(-c4ccccn4)nc3)C2)c1OC. The molecule has 0 spiro atoms. The number of nitrogens with zero attached hydrogens (tertiary/aromatic N) is 4. The van der Waals surface area contributed by atoms with Gasteiger partial charge in [-0.3, -0.25) is 9.88 Å². The second-order valence-corrected chi connectivity index (χ2v) is 6.93. The van der Waals surface area contributed by atoms with Crippen LogP contribution in [0.15, 0.2) is 55.0 Å². The maximum Gasteiger partial charge on any atom is 0.178 e. The van der Waals surface area contributed by atoms with Gasteiger partial charge in [0.1, 0.15) is 5.69 Å². The lowest BCUT2D eigenvalue weighted by molar-refractivity contribution is 0.322. The normalized spacial score (nSPS) is 16.9. The van der Waals surface area contributed by atoms with Gasteiger partial charge in [0.15, 0.2) is 17.3 Å². The molecule has 1 atom stereocenters. The first kappa shape index (κ1) is 18.4. The Labute approximate surface area is 165 Å². The summed E-state index contributed by atoms with van der Waals surface area (Å²) < 4.78 is 11.1. The summed E-state index contributed by atoms with van der Waals surface area (Å²) >= 11 is 0. The van der Waals surface area contributed by atoms with E-state index in [1.807, 2.05) is 42.7 Å². The molecule has 1 aliphatic heterocycles. The van der Waals surface area contributed by atoms with Gasteiger partial charge in [-0.25, -0.2) is 9.97 Å². The number of rotatable bonds is 6. The molecule has 0 bridgehead atoms. The van der Waals surface area contributed by atoms with Crippen LogP contribution in [-0.2, 0) is 6.54 Å². The topological polar surface area (TPSA) is 60.4 Å². The Bertz CT molecular complexity index is 916. The molecule has 1 aliphatic rings. The highest BCUT2D eigenvalue weighted by Crippen LogP contribution is 2.39. The molecule has 0 aliphatic carbocycles. The highest BCUT2D eigenvalue weighted by molar-refractivity contribution is 5.49. The maximum atomic E-state index is 5.62. The van der Waals surface area contributed by atoms with E-state index in [1.54, 1.807) is 20.4 Å². The molecule has 0 amide bonds. The van der Waals surface area contributed by atoms with Crippen LogP contribution in [0.2, 0.25) is 0 Å². The van der Waals surface area contributed by atoms with Crippen LogP contribution < -0.4 is 9.47 Å². The first-order valence-corrected chi connectivity index (χ1v) is 9.44. The van der Waals surface area contributed by atoms with Crippen molar-refractivity contribution in [3.05, 3.63) is 66.1 Å². The lowest BCUT2D eigenvalue weighted by Crippen LogP contribution is -2.20. The molecule has 1 saturated heterocycles. The lowest BCUT2D eigenvalue weighted by atomic mass is 9.97. The van der Waals surface area contributed by atoms with Crippen LogP contribution in [0.1, 0.15) is 23.5 Å². The van der Waals surface area contributed by atoms with Crippen LogP contribution in [0.5, 0.6) is 11.5 Å². The minimum atomic E-state index is 0.429. The van der Waals surface area contributed by atoms with E-state index in [-0.39, 0.29) is 0 Å². The number of ether oxygens (including phenoxy) is 2. The van der Waals surface area contributed by atoms with Crippen molar-refractivity contribution in [2.45, 2.75) is 18.9 Å². The molecule has 28 heavy (non-hydrogen) atoms. The fourth-order valence-corrected chi connectivity index (χ4v) is 3.79. The largest absolute Gasteiger partial charge is 0.493 e. The number of benzene rings is 1. The van der Waals surface area contributed by atoms with Crippen molar-refractivity contribution >= 4 is 0 Å². The van der Waals surface area contributed by atoms with E-state index in [0.29, 0.717) is 11.7 Å². The fraction of sp³-hybridized carbons (Fsp3) is 0.318. The maximum absolute atomic E-state index is 5.62. The van der Waals surface area contributed by atoms with E-state index >= 15 is 0 Å². The third kappa shape index (κ3) is 3.82. The van der Waals surface area contributed by atoms with Gasteiger partial charge >= 0.3 is 0 Å². The third-order valence-electron chi connectivity index (χ3n) is 5.15. The molecule has 1 fully saturated rings. The van der Waals surface area contributed by atoms with Gasteiger partial charge in [-0.15, -0.1) is 0 Å². The Kier molecular flexibility index (Phi) is 5.48. The molecule has 2 aromatic heterocycles. The van der Waals surface area contributed by atoms with E-state index in [1.165, 1.54) is 5.56 Å². The van der Waals surface area contributed by atoms with Crippen LogP contribution in [0.3, 0.4) is 0 Å². The highest BCUT2D eigenvalue weighted by atomic mass is 16.5. The molecule has 3 aromatic rings. The second-order valence-electron chi connectivity index (χ2n) is 6.93. The Balaban J connectivity index is 1.43. The van der Waals surface area contributed by atoms with Gasteiger partial charge < -0.3 is 9.47 Å². The summed E-state index contributed by atoms with van der Waals surface area (Å²) in [5.74, 6) is 2.72. The molecule has 1 aromatic carbocycles. The van der Waals surface area contributed by atoms with Gasteiger partial charge in [0.25, 0.3) is 0 Å². The van der Waals surface area contributed by atoms with Crippen molar-refractivity contribution in [3.63, 3.8) is 0 Å². The summed E-state index contributed by atoms with van der Waals surface area (Å²) in [6.45, 7) is 2.85. The summed E-state index contributed by atoms with van der Waals surface area (Å²) in [6, 6.07) is 11.9. The number of pyridine rings is 1. The summed E-state index contributed by atoms with van der Waals surface area (Å²) in [5.41, 5.74) is 3.12. The molecule has 6 heteroatoms. The number of para-hydroxylation sites is 1. The monoisotopic (exact) mass is 376 g/mol. The predicted octanol–water partition coefficient (Wildman–Crippen LogP) is 3.55. The van der Waals surface area contributed by atoms with Crippen molar-refractivity contribution < 1.29 is 9.47 Å². The standard InChI is InChI=1S/C22H24N4O2/c1-27-20-8-5-6-18(21(20)28-2)17-9-11-26(15-17)14-16-12-24-22(25-13-16)19-7-3-4-10-23-19/h3-8,10,12-13,17H,9,11,14-15H2,1-2H3/t17-/m1/s1. The Morgan fingerprint density at radius 2 is 1.86 bits per heavy atom. The van der Waals surface area contributed by atoms with Crippen molar-refractivity contribution in [2.24, 2.45) is 0 Å². The van der Waals surface area contributed by atoms with Gasteiger partial charge in [0.05, 0.1) is 14.2 Å². The van der Waals surface area contributed by atoms with E-state index in [0.717, 1.165) is 48.8 Å². The van der Waals surface area contributed by atoms with Gasteiger partial charge in [0.2, 0.25) is 0 Å². The molecule has 6 nitrogen and oxygen atoms in total.